The number of Topliss-reactive ketones (excluding diaryl/α,β-unsaturated/α-hetero) is 1. The van der Waals surface area contributed by atoms with Crippen LogP contribution >= 0.6 is 15.9 Å². The molecule has 152 valence electrons. The minimum atomic E-state index is -1.13. The number of rotatable bonds is 7. The summed E-state index contributed by atoms with van der Waals surface area (Å²) in [5.41, 5.74) is 2.42. The summed E-state index contributed by atoms with van der Waals surface area (Å²) in [5.74, 6) is -2.70. The molecule has 1 atom stereocenters. The summed E-state index contributed by atoms with van der Waals surface area (Å²) in [6, 6.07) is 14.9. The Morgan fingerprint density at radius 3 is 2.03 bits per heavy atom. The molecule has 1 N–H and O–H groups in total. The number of ether oxygens (including phenoxy) is 1. The number of morpholine rings is 1. The van der Waals surface area contributed by atoms with Gasteiger partial charge in [0.15, 0.2) is 5.78 Å². The summed E-state index contributed by atoms with van der Waals surface area (Å²) < 4.78 is 6.19. The van der Waals surface area contributed by atoms with Crippen LogP contribution in [0.2, 0.25) is 0 Å². The molecule has 2 aromatic carbocycles. The number of ketones is 1. The van der Waals surface area contributed by atoms with Crippen LogP contribution in [-0.4, -0.2) is 54.0 Å². The number of hydrogen-bond donors (Lipinski definition) is 1. The van der Waals surface area contributed by atoms with Gasteiger partial charge in [-0.1, -0.05) is 52.3 Å². The van der Waals surface area contributed by atoms with Crippen molar-refractivity contribution in [3.8, 4) is 11.1 Å². The van der Waals surface area contributed by atoms with E-state index in [1.54, 1.807) is 17.0 Å². The molecule has 29 heavy (non-hydrogen) atoms. The lowest BCUT2D eigenvalue weighted by atomic mass is 9.94. The van der Waals surface area contributed by atoms with Crippen molar-refractivity contribution in [1.82, 2.24) is 4.90 Å². The first-order chi connectivity index (χ1) is 13.9. The summed E-state index contributed by atoms with van der Waals surface area (Å²) in [6.45, 7) is 1.81. The second-order valence-electron chi connectivity index (χ2n) is 6.94. The third kappa shape index (κ3) is 5.74. The summed E-state index contributed by atoms with van der Waals surface area (Å²) in [7, 11) is 0. The van der Waals surface area contributed by atoms with E-state index in [9.17, 15) is 19.5 Å². The van der Waals surface area contributed by atoms with Crippen LogP contribution in [0.4, 0.5) is 0 Å². The maximum absolute atomic E-state index is 12.6. The molecule has 1 unspecified atom stereocenters. The highest BCUT2D eigenvalue weighted by Gasteiger charge is 2.28. The van der Waals surface area contributed by atoms with Gasteiger partial charge < -0.3 is 14.7 Å². The van der Waals surface area contributed by atoms with E-state index in [1.807, 2.05) is 36.4 Å². The fourth-order valence-electron chi connectivity index (χ4n) is 3.23. The zero-order valence-electron chi connectivity index (χ0n) is 15.8. The summed E-state index contributed by atoms with van der Waals surface area (Å²) in [6.07, 6.45) is -0.388. The van der Waals surface area contributed by atoms with E-state index >= 15 is 0 Å². The summed E-state index contributed by atoms with van der Waals surface area (Å²) in [4.78, 5) is 38.1. The fraction of sp³-hybridized carbons (Fsp3) is 0.318. The highest BCUT2D eigenvalue weighted by molar-refractivity contribution is 9.10. The molecule has 7 heteroatoms. The van der Waals surface area contributed by atoms with Crippen molar-refractivity contribution in [3.63, 3.8) is 0 Å². The van der Waals surface area contributed by atoms with Crippen LogP contribution in [0.1, 0.15) is 23.2 Å². The van der Waals surface area contributed by atoms with Gasteiger partial charge in [0.2, 0.25) is 5.91 Å². The Labute approximate surface area is 177 Å². The number of hydrogen-bond acceptors (Lipinski definition) is 4. The van der Waals surface area contributed by atoms with Crippen LogP contribution < -0.4 is 0 Å². The number of nitrogens with zero attached hydrogens (tertiary/aromatic N) is 1. The highest BCUT2D eigenvalue weighted by Crippen LogP contribution is 2.23. The molecule has 1 fully saturated rings. The second-order valence-corrected chi connectivity index (χ2v) is 7.86. The number of carbonyl (C=O) groups excluding carboxylic acids is 2. The molecule has 0 aliphatic carbocycles. The summed E-state index contributed by atoms with van der Waals surface area (Å²) >= 11 is 3.40. The standard InChI is InChI=1S/C22H22BrNO5/c23-19-7-5-16(6-8-19)15-1-3-17(4-2-15)20(25)13-18(22(27)28)14-21(26)24-9-11-29-12-10-24/h1-8,18H,9-14H2,(H,27,28). The molecule has 2 aromatic rings. The molecule has 0 saturated carbocycles. The minimum Gasteiger partial charge on any atom is -0.481 e. The van der Waals surface area contributed by atoms with Gasteiger partial charge in [-0.3, -0.25) is 14.4 Å². The molecule has 1 saturated heterocycles. The quantitative estimate of drug-likeness (QED) is 0.638. The van der Waals surface area contributed by atoms with Gasteiger partial charge in [-0.05, 0) is 23.3 Å². The number of carboxylic acid groups (broad SMARTS) is 1. The van der Waals surface area contributed by atoms with Crippen molar-refractivity contribution in [2.24, 2.45) is 5.92 Å². The Bertz CT molecular complexity index is 873. The van der Waals surface area contributed by atoms with Crippen molar-refractivity contribution in [2.75, 3.05) is 26.3 Å². The Morgan fingerprint density at radius 2 is 1.48 bits per heavy atom. The second kappa shape index (κ2) is 9.80. The lowest BCUT2D eigenvalue weighted by molar-refractivity contribution is -0.147. The lowest BCUT2D eigenvalue weighted by Gasteiger charge is -2.27. The Balaban J connectivity index is 1.64. The maximum atomic E-state index is 12.6. The molecule has 0 aromatic heterocycles. The number of benzene rings is 2. The van der Waals surface area contributed by atoms with Crippen LogP contribution in [-0.2, 0) is 14.3 Å². The lowest BCUT2D eigenvalue weighted by Crippen LogP contribution is -2.42. The van der Waals surface area contributed by atoms with E-state index in [-0.39, 0.29) is 24.5 Å². The van der Waals surface area contributed by atoms with Gasteiger partial charge in [-0.2, -0.15) is 0 Å². The first-order valence-corrected chi connectivity index (χ1v) is 10.2. The largest absolute Gasteiger partial charge is 0.481 e. The third-order valence-corrected chi connectivity index (χ3v) is 5.48. The number of halogens is 1. The van der Waals surface area contributed by atoms with Crippen LogP contribution in [0.5, 0.6) is 0 Å². The predicted octanol–water partition coefficient (Wildman–Crippen LogP) is 3.64. The van der Waals surface area contributed by atoms with Crippen LogP contribution in [0.25, 0.3) is 11.1 Å². The first-order valence-electron chi connectivity index (χ1n) is 9.41. The van der Waals surface area contributed by atoms with E-state index in [4.69, 9.17) is 4.74 Å². The zero-order valence-corrected chi connectivity index (χ0v) is 17.4. The average molecular weight is 460 g/mol. The fourth-order valence-corrected chi connectivity index (χ4v) is 3.50. The van der Waals surface area contributed by atoms with E-state index in [2.05, 4.69) is 15.9 Å². The molecule has 3 rings (SSSR count). The molecular weight excluding hydrogens is 438 g/mol. The number of carboxylic acids is 1. The topological polar surface area (TPSA) is 83.9 Å². The molecule has 1 aliphatic heterocycles. The molecule has 0 radical (unpaired) electrons. The Hall–Kier alpha value is -2.51. The normalized spacial score (nSPS) is 15.0. The predicted molar refractivity (Wildman–Crippen MR) is 112 cm³/mol. The average Bonchev–Trinajstić information content (AvgIpc) is 2.74. The molecule has 1 heterocycles. The Kier molecular flexibility index (Phi) is 7.17. The van der Waals surface area contributed by atoms with Gasteiger partial charge in [0.1, 0.15) is 0 Å². The number of amides is 1. The molecule has 1 aliphatic rings. The Morgan fingerprint density at radius 1 is 0.931 bits per heavy atom. The van der Waals surface area contributed by atoms with E-state index in [0.717, 1.165) is 15.6 Å². The van der Waals surface area contributed by atoms with Gasteiger partial charge in [0.25, 0.3) is 0 Å². The van der Waals surface area contributed by atoms with Gasteiger partial charge in [-0.25, -0.2) is 0 Å². The minimum absolute atomic E-state index is 0.182. The zero-order chi connectivity index (χ0) is 20.8. The maximum Gasteiger partial charge on any atom is 0.307 e. The molecule has 0 bridgehead atoms. The monoisotopic (exact) mass is 459 g/mol. The van der Waals surface area contributed by atoms with Crippen molar-refractivity contribution >= 4 is 33.6 Å². The van der Waals surface area contributed by atoms with E-state index in [0.29, 0.717) is 31.9 Å². The molecule has 6 nitrogen and oxygen atoms in total. The smallest absolute Gasteiger partial charge is 0.307 e. The highest BCUT2D eigenvalue weighted by atomic mass is 79.9. The van der Waals surface area contributed by atoms with Gasteiger partial charge in [0.05, 0.1) is 19.1 Å². The van der Waals surface area contributed by atoms with Crippen molar-refractivity contribution in [2.45, 2.75) is 12.8 Å². The van der Waals surface area contributed by atoms with E-state index < -0.39 is 11.9 Å². The SMILES string of the molecule is O=C(CC(CC(=O)N1CCOCC1)C(=O)O)c1ccc(-c2ccc(Br)cc2)cc1. The van der Waals surface area contributed by atoms with Crippen molar-refractivity contribution in [3.05, 3.63) is 58.6 Å². The van der Waals surface area contributed by atoms with Crippen LogP contribution in [0, 0.1) is 5.92 Å². The van der Waals surface area contributed by atoms with Gasteiger partial charge in [-0.15, -0.1) is 0 Å². The number of carbonyl (C=O) groups is 3. The molecule has 0 spiro atoms. The van der Waals surface area contributed by atoms with Gasteiger partial charge >= 0.3 is 5.97 Å². The van der Waals surface area contributed by atoms with Gasteiger partial charge in [0, 0.05) is 36.0 Å². The van der Waals surface area contributed by atoms with Crippen molar-refractivity contribution in [1.29, 1.82) is 0 Å². The third-order valence-electron chi connectivity index (χ3n) is 4.95. The van der Waals surface area contributed by atoms with Crippen LogP contribution in [0.15, 0.2) is 53.0 Å². The van der Waals surface area contributed by atoms with Crippen LogP contribution in [0.3, 0.4) is 0 Å². The molecule has 1 amide bonds. The molecular formula is C22H22BrNO5. The summed E-state index contributed by atoms with van der Waals surface area (Å²) in [5, 5.41) is 9.48. The van der Waals surface area contributed by atoms with Crippen molar-refractivity contribution < 1.29 is 24.2 Å². The van der Waals surface area contributed by atoms with E-state index in [1.165, 1.54) is 0 Å². The number of aliphatic carboxylic acids is 1. The first kappa shape index (κ1) is 21.2.